The van der Waals surface area contributed by atoms with Gasteiger partial charge in [-0.25, -0.2) is 9.97 Å². The van der Waals surface area contributed by atoms with Crippen LogP contribution in [0.2, 0.25) is 0 Å². The van der Waals surface area contributed by atoms with Gasteiger partial charge in [0.05, 0.1) is 38.1 Å². The molecule has 4 N–H and O–H groups in total. The summed E-state index contributed by atoms with van der Waals surface area (Å²) in [6, 6.07) is 10.7. The zero-order valence-electron chi connectivity index (χ0n) is 35.2. The first-order chi connectivity index (χ1) is 29.9. The van der Waals surface area contributed by atoms with E-state index >= 15 is 0 Å². The molecule has 14 nitrogen and oxygen atoms in total. The number of nitrogens with one attached hydrogen (secondary N) is 3. The zero-order valence-corrected chi connectivity index (χ0v) is 36.0. The number of rotatable bonds is 14. The highest BCUT2D eigenvalue weighted by Crippen LogP contribution is 2.42. The van der Waals surface area contributed by atoms with Crippen molar-refractivity contribution < 1.29 is 47.0 Å². The predicted molar refractivity (Wildman–Crippen MR) is 228 cm³/mol. The number of hydrogen-bond acceptors (Lipinski definition) is 12. The molecule has 4 aliphatic rings. The Labute approximate surface area is 366 Å². The Hall–Kier alpha value is -5.30. The molecule has 4 heterocycles. The maximum atomic E-state index is 13.4. The highest BCUT2D eigenvalue weighted by molar-refractivity contribution is 7.18. The number of aromatic nitrogens is 2. The molecule has 63 heavy (non-hydrogen) atoms. The van der Waals surface area contributed by atoms with Crippen LogP contribution in [0.3, 0.4) is 0 Å². The third-order valence-corrected chi connectivity index (χ3v) is 13.6. The van der Waals surface area contributed by atoms with Gasteiger partial charge in [0.1, 0.15) is 17.4 Å². The number of alkyl halides is 3. The fraction of sp³-hybridized carbons (Fsp3) is 0.489. The van der Waals surface area contributed by atoms with E-state index in [1.807, 2.05) is 0 Å². The van der Waals surface area contributed by atoms with Crippen LogP contribution in [0.25, 0.3) is 10.2 Å². The first-order valence-corrected chi connectivity index (χ1v) is 22.2. The van der Waals surface area contributed by atoms with Crippen molar-refractivity contribution in [3.63, 3.8) is 0 Å². The van der Waals surface area contributed by atoms with Gasteiger partial charge in [0, 0.05) is 55.0 Å². The summed E-state index contributed by atoms with van der Waals surface area (Å²) in [5, 5.41) is 20.3. The van der Waals surface area contributed by atoms with Gasteiger partial charge in [-0.1, -0.05) is 12.1 Å². The van der Waals surface area contributed by atoms with Crippen LogP contribution < -0.4 is 16.0 Å². The number of imide groups is 2. The number of fused-ring (bicyclic) bond motifs is 2. The predicted octanol–water partition coefficient (Wildman–Crippen LogP) is 6.85. The number of aliphatic hydroxyl groups is 1. The van der Waals surface area contributed by atoms with Crippen LogP contribution in [0.5, 0.6) is 0 Å². The lowest BCUT2D eigenvalue weighted by atomic mass is 9.82. The smallest absolute Gasteiger partial charge is 0.386 e. The Morgan fingerprint density at radius 1 is 0.984 bits per heavy atom. The minimum absolute atomic E-state index is 0.0642. The van der Waals surface area contributed by atoms with Crippen LogP contribution in [-0.2, 0) is 26.1 Å². The molecule has 1 saturated heterocycles. The molecular weight excluding hydrogens is 840 g/mol. The second-order valence-electron chi connectivity index (χ2n) is 17.7. The molecule has 4 aromatic rings. The summed E-state index contributed by atoms with van der Waals surface area (Å²) in [7, 11) is 2.13. The van der Waals surface area contributed by atoms with Gasteiger partial charge in [-0.15, -0.1) is 11.3 Å². The molecule has 2 aliphatic heterocycles. The van der Waals surface area contributed by atoms with Crippen LogP contribution in [0.1, 0.15) is 125 Å². The third-order valence-electron chi connectivity index (χ3n) is 12.4. The van der Waals surface area contributed by atoms with Gasteiger partial charge in [0.2, 0.25) is 11.8 Å². The average Bonchev–Trinajstić information content (AvgIpc) is 3.75. The number of carbonyl (C=O) groups excluding carboxylic acids is 5. The van der Waals surface area contributed by atoms with E-state index in [2.05, 4.69) is 32.9 Å². The quantitative estimate of drug-likeness (QED) is 0.0768. The van der Waals surface area contributed by atoms with E-state index in [0.717, 1.165) is 84.8 Å². The van der Waals surface area contributed by atoms with E-state index in [4.69, 9.17) is 9.72 Å². The van der Waals surface area contributed by atoms with E-state index in [9.17, 15) is 42.3 Å². The second-order valence-corrected chi connectivity index (χ2v) is 18.7. The van der Waals surface area contributed by atoms with Crippen molar-refractivity contribution in [3.8, 4) is 0 Å². The largest absolute Gasteiger partial charge is 0.433 e. The van der Waals surface area contributed by atoms with Gasteiger partial charge in [0.15, 0.2) is 0 Å². The molecule has 0 bridgehead atoms. The lowest BCUT2D eigenvalue weighted by molar-refractivity contribution is -0.141. The number of amides is 5. The molecule has 334 valence electrons. The van der Waals surface area contributed by atoms with Gasteiger partial charge < -0.3 is 25.4 Å². The first-order valence-electron chi connectivity index (χ1n) is 21.4. The van der Waals surface area contributed by atoms with E-state index < -0.39 is 53.0 Å². The number of ether oxygens (including phenoxy) is 1. The van der Waals surface area contributed by atoms with Crippen LogP contribution in [0.15, 0.2) is 48.5 Å². The van der Waals surface area contributed by atoms with Gasteiger partial charge in [0.25, 0.3) is 17.7 Å². The molecule has 0 spiro atoms. The molecule has 0 radical (unpaired) electrons. The molecule has 1 atom stereocenters. The van der Waals surface area contributed by atoms with Crippen molar-refractivity contribution in [3.05, 3.63) is 81.6 Å². The number of piperidine rings is 1. The lowest BCUT2D eigenvalue weighted by Crippen LogP contribution is -2.54. The molecule has 2 aromatic carbocycles. The highest BCUT2D eigenvalue weighted by Gasteiger charge is 2.46. The molecule has 2 aliphatic carbocycles. The number of thiazole rings is 1. The number of carbonyl (C=O) groups is 5. The summed E-state index contributed by atoms with van der Waals surface area (Å²) in [4.78, 5) is 75.5. The molecule has 18 heteroatoms. The third kappa shape index (κ3) is 9.63. The van der Waals surface area contributed by atoms with Crippen molar-refractivity contribution in [1.82, 2.24) is 25.1 Å². The van der Waals surface area contributed by atoms with E-state index in [1.54, 1.807) is 44.2 Å². The number of nitrogens with zero attached hydrogens (tertiary/aromatic N) is 4. The Kier molecular flexibility index (Phi) is 12.4. The number of halogens is 3. The normalized spacial score (nSPS) is 22.9. The van der Waals surface area contributed by atoms with Crippen molar-refractivity contribution in [2.75, 3.05) is 37.4 Å². The standard InChI is InChI=1S/C45H50F3N7O7S/c1-44(2,61)29-21-33-35(22-32(29)51-39(57)31-9-5-10-36(50-31)45(46,47)48)63-41(52-33)25-13-11-24(12-14-25)23-54(3)17-6-18-62-27-19-26(20-27)49-30-8-4-7-28-38(30)43(60)55(42(28)59)34-15-16-37(56)53-40(34)58/h4-5,7-10,21-22,24-27,34,49,61H,6,11-20,23H2,1-3H3,(H,51,57)(H,53,56,58)/t24-,25-,26-,27-,34?. The Balaban J connectivity index is 0.768. The van der Waals surface area contributed by atoms with E-state index in [-0.39, 0.29) is 53.4 Å². The number of pyridine rings is 1. The molecule has 8 rings (SSSR count). The van der Waals surface area contributed by atoms with Crippen molar-refractivity contribution in [2.24, 2.45) is 5.92 Å². The molecular formula is C45H50F3N7O7S. The van der Waals surface area contributed by atoms with Crippen LogP contribution >= 0.6 is 11.3 Å². The van der Waals surface area contributed by atoms with Crippen LogP contribution in [0, 0.1) is 5.92 Å². The van der Waals surface area contributed by atoms with Crippen molar-refractivity contribution in [2.45, 2.75) is 108 Å². The first kappa shape index (κ1) is 44.3. The summed E-state index contributed by atoms with van der Waals surface area (Å²) in [5.41, 5.74) is -0.503. The van der Waals surface area contributed by atoms with Crippen LogP contribution in [-0.4, -0.2) is 99.3 Å². The summed E-state index contributed by atoms with van der Waals surface area (Å²) < 4.78 is 46.7. The maximum absolute atomic E-state index is 13.4. The lowest BCUT2D eigenvalue weighted by Gasteiger charge is -2.36. The van der Waals surface area contributed by atoms with Gasteiger partial charge in [-0.2, -0.15) is 13.2 Å². The summed E-state index contributed by atoms with van der Waals surface area (Å²) in [6.07, 6.45) is 2.04. The Morgan fingerprint density at radius 3 is 2.44 bits per heavy atom. The van der Waals surface area contributed by atoms with Gasteiger partial charge in [-0.05, 0) is 115 Å². The maximum Gasteiger partial charge on any atom is 0.433 e. The summed E-state index contributed by atoms with van der Waals surface area (Å²) in [6.45, 7) is 5.65. The highest BCUT2D eigenvalue weighted by atomic mass is 32.1. The monoisotopic (exact) mass is 889 g/mol. The van der Waals surface area contributed by atoms with E-state index in [1.165, 1.54) is 17.4 Å². The fourth-order valence-corrected chi connectivity index (χ4v) is 10.2. The molecule has 2 saturated carbocycles. The zero-order chi connectivity index (χ0) is 44.8. The molecule has 1 unspecified atom stereocenters. The van der Waals surface area contributed by atoms with Gasteiger partial charge in [-0.3, -0.25) is 34.2 Å². The molecule has 2 aromatic heterocycles. The Morgan fingerprint density at radius 2 is 1.73 bits per heavy atom. The molecule has 3 fully saturated rings. The van der Waals surface area contributed by atoms with Crippen molar-refractivity contribution in [1.29, 1.82) is 0 Å². The van der Waals surface area contributed by atoms with E-state index in [0.29, 0.717) is 29.3 Å². The summed E-state index contributed by atoms with van der Waals surface area (Å²) in [5.74, 6) is -2.11. The average molecular weight is 890 g/mol. The number of anilines is 2. The summed E-state index contributed by atoms with van der Waals surface area (Å²) >= 11 is 1.53. The number of hydrogen-bond donors (Lipinski definition) is 4. The molecule has 5 amide bonds. The van der Waals surface area contributed by atoms with Crippen LogP contribution in [0.4, 0.5) is 24.5 Å². The van der Waals surface area contributed by atoms with Gasteiger partial charge >= 0.3 is 6.18 Å². The Bertz CT molecular complexity index is 2440. The van der Waals surface area contributed by atoms with Crippen molar-refractivity contribution >= 4 is 62.5 Å². The number of benzene rings is 2. The SMILES string of the molecule is CN(CCCO[C@H]1C[C@H](Nc2cccc3c2C(=O)N(C2CCC(=O)NC2=O)C3=O)C1)C[C@H]1CC[C@H](c2nc3cc(C(C)(C)O)c(NC(=O)c4cccc(C(F)(F)F)n4)cc3s2)CC1. The fourth-order valence-electron chi connectivity index (χ4n) is 9.06. The topological polar surface area (TPSA) is 183 Å². The second kappa shape index (κ2) is 17.7. The minimum Gasteiger partial charge on any atom is -0.386 e. The minimum atomic E-state index is -4.70.